The van der Waals surface area contributed by atoms with Gasteiger partial charge < -0.3 is 10.0 Å². The topological polar surface area (TPSA) is 57.6 Å². The molecule has 1 heterocycles. The molecule has 1 aliphatic rings. The van der Waals surface area contributed by atoms with E-state index in [2.05, 4.69) is 0 Å². The van der Waals surface area contributed by atoms with Crippen LogP contribution < -0.4 is 4.90 Å². The summed E-state index contributed by atoms with van der Waals surface area (Å²) in [6, 6.07) is 16.7. The number of para-hydroxylation sites is 1. The van der Waals surface area contributed by atoms with Gasteiger partial charge in [0.1, 0.15) is 5.82 Å². The van der Waals surface area contributed by atoms with E-state index in [1.165, 1.54) is 17.0 Å². The largest absolute Gasteiger partial charge is 0.375 e. The predicted octanol–water partition coefficient (Wildman–Crippen LogP) is 5.14. The minimum Gasteiger partial charge on any atom is -0.375 e. The van der Waals surface area contributed by atoms with Crippen molar-refractivity contribution in [1.29, 1.82) is 0 Å². The number of hydrogen-bond acceptors (Lipinski definition) is 3. The van der Waals surface area contributed by atoms with E-state index < -0.39 is 29.5 Å². The Bertz CT molecular complexity index is 1130. The van der Waals surface area contributed by atoms with Crippen LogP contribution in [0.25, 0.3) is 0 Å². The maximum absolute atomic E-state index is 13.3. The average Bonchev–Trinajstić information content (AvgIpc) is 2.93. The molecule has 0 saturated heterocycles. The predicted molar refractivity (Wildman–Crippen MR) is 113 cm³/mol. The van der Waals surface area contributed by atoms with E-state index >= 15 is 0 Å². The fourth-order valence-corrected chi connectivity index (χ4v) is 4.16. The number of Topliss-reactive ketones (excluding diaryl/α,β-unsaturated/α-hetero) is 1. The molecule has 1 N–H and O–H groups in total. The Morgan fingerprint density at radius 3 is 2.27 bits per heavy atom. The van der Waals surface area contributed by atoms with Crippen molar-refractivity contribution in [3.8, 4) is 0 Å². The molecule has 0 fully saturated rings. The molecule has 1 aliphatic heterocycles. The van der Waals surface area contributed by atoms with Crippen LogP contribution in [0.5, 0.6) is 0 Å². The van der Waals surface area contributed by atoms with Crippen LogP contribution >= 0.6 is 23.2 Å². The molecule has 0 saturated carbocycles. The zero-order valence-electron chi connectivity index (χ0n) is 15.6. The second kappa shape index (κ2) is 7.84. The second-order valence-corrected chi connectivity index (χ2v) is 7.89. The number of halogens is 3. The minimum atomic E-state index is -2.05. The summed E-state index contributed by atoms with van der Waals surface area (Å²) in [4.78, 5) is 27.4. The number of amides is 1. The molecule has 3 aromatic rings. The SMILES string of the molecule is O=C(C[C@@]1(O)C(=O)N(Cc2c(Cl)cccc2Cl)c2ccccc21)c1ccc(F)cc1. The first-order valence-electron chi connectivity index (χ1n) is 9.17. The highest BCUT2D eigenvalue weighted by atomic mass is 35.5. The van der Waals surface area contributed by atoms with Gasteiger partial charge in [-0.3, -0.25) is 9.59 Å². The average molecular weight is 444 g/mol. The number of ketones is 1. The Balaban J connectivity index is 1.70. The quantitative estimate of drug-likeness (QED) is 0.555. The summed E-state index contributed by atoms with van der Waals surface area (Å²) in [7, 11) is 0. The Morgan fingerprint density at radius 2 is 1.60 bits per heavy atom. The Hall–Kier alpha value is -2.73. The third kappa shape index (κ3) is 3.49. The van der Waals surface area contributed by atoms with Gasteiger partial charge in [0.2, 0.25) is 0 Å². The van der Waals surface area contributed by atoms with Gasteiger partial charge in [-0.15, -0.1) is 0 Å². The van der Waals surface area contributed by atoms with Gasteiger partial charge in [0.05, 0.1) is 18.7 Å². The first-order chi connectivity index (χ1) is 14.3. The van der Waals surface area contributed by atoms with Crippen molar-refractivity contribution in [2.24, 2.45) is 0 Å². The molecular weight excluding hydrogens is 428 g/mol. The summed E-state index contributed by atoms with van der Waals surface area (Å²) in [5, 5.41) is 12.1. The van der Waals surface area contributed by atoms with Crippen LogP contribution in [0.3, 0.4) is 0 Å². The number of anilines is 1. The molecule has 4 rings (SSSR count). The molecule has 1 amide bonds. The lowest BCUT2D eigenvalue weighted by atomic mass is 9.88. The molecule has 1 atom stereocenters. The molecule has 0 aromatic heterocycles. The number of fused-ring (bicyclic) bond motifs is 1. The fraction of sp³-hybridized carbons (Fsp3) is 0.130. The van der Waals surface area contributed by atoms with Crippen molar-refractivity contribution < 1.29 is 19.1 Å². The molecule has 4 nitrogen and oxygen atoms in total. The Kier molecular flexibility index (Phi) is 5.36. The van der Waals surface area contributed by atoms with E-state index in [9.17, 15) is 19.1 Å². The van der Waals surface area contributed by atoms with Crippen LogP contribution in [0, 0.1) is 5.82 Å². The standard InChI is InChI=1S/C23H16Cl2FNO3/c24-18-5-3-6-19(25)16(18)13-27-20-7-2-1-4-17(20)23(30,22(27)29)12-21(28)14-8-10-15(26)11-9-14/h1-11,30H,12-13H2/t23-/m0/s1. The molecule has 0 radical (unpaired) electrons. The van der Waals surface area contributed by atoms with Crippen molar-refractivity contribution in [1.82, 2.24) is 0 Å². The van der Waals surface area contributed by atoms with Gasteiger partial charge in [0, 0.05) is 26.7 Å². The van der Waals surface area contributed by atoms with E-state index in [4.69, 9.17) is 23.2 Å². The molecule has 0 aliphatic carbocycles. The molecular formula is C23H16Cl2FNO3. The lowest BCUT2D eigenvalue weighted by Crippen LogP contribution is -2.41. The number of aliphatic hydroxyl groups is 1. The number of nitrogens with zero attached hydrogens (tertiary/aromatic N) is 1. The highest BCUT2D eigenvalue weighted by Crippen LogP contribution is 2.44. The fourth-order valence-electron chi connectivity index (χ4n) is 3.65. The molecule has 7 heteroatoms. The first kappa shape index (κ1) is 20.5. The van der Waals surface area contributed by atoms with Gasteiger partial charge in [0.25, 0.3) is 5.91 Å². The minimum absolute atomic E-state index is 0.0431. The van der Waals surface area contributed by atoms with Gasteiger partial charge in [-0.2, -0.15) is 0 Å². The number of hydrogen-bond donors (Lipinski definition) is 1. The second-order valence-electron chi connectivity index (χ2n) is 7.08. The van der Waals surface area contributed by atoms with Gasteiger partial charge in [0.15, 0.2) is 11.4 Å². The van der Waals surface area contributed by atoms with Crippen LogP contribution in [0.4, 0.5) is 10.1 Å². The maximum Gasteiger partial charge on any atom is 0.264 e. The smallest absolute Gasteiger partial charge is 0.264 e. The highest BCUT2D eigenvalue weighted by molar-refractivity contribution is 6.36. The first-order valence-corrected chi connectivity index (χ1v) is 9.92. The van der Waals surface area contributed by atoms with Crippen molar-refractivity contribution in [3.63, 3.8) is 0 Å². The summed E-state index contributed by atoms with van der Waals surface area (Å²) in [6.45, 7) is 0.0431. The summed E-state index contributed by atoms with van der Waals surface area (Å²) in [5.74, 6) is -1.59. The van der Waals surface area contributed by atoms with Crippen LogP contribution in [0.1, 0.15) is 27.9 Å². The number of benzene rings is 3. The Labute approximate surface area is 182 Å². The van der Waals surface area contributed by atoms with Crippen molar-refractivity contribution in [2.45, 2.75) is 18.6 Å². The Morgan fingerprint density at radius 1 is 0.967 bits per heavy atom. The zero-order valence-corrected chi connectivity index (χ0v) is 17.1. The molecule has 0 unspecified atom stereocenters. The van der Waals surface area contributed by atoms with E-state index in [0.29, 0.717) is 26.9 Å². The van der Waals surface area contributed by atoms with E-state index in [1.807, 2.05) is 0 Å². The molecule has 152 valence electrons. The lowest BCUT2D eigenvalue weighted by molar-refractivity contribution is -0.136. The normalized spacial score (nSPS) is 17.9. The van der Waals surface area contributed by atoms with Crippen molar-refractivity contribution >= 4 is 40.6 Å². The van der Waals surface area contributed by atoms with Crippen LogP contribution in [0.2, 0.25) is 10.0 Å². The number of rotatable bonds is 5. The van der Waals surface area contributed by atoms with Gasteiger partial charge in [-0.05, 0) is 42.5 Å². The van der Waals surface area contributed by atoms with Gasteiger partial charge >= 0.3 is 0 Å². The molecule has 3 aromatic carbocycles. The monoisotopic (exact) mass is 443 g/mol. The zero-order chi connectivity index (χ0) is 21.5. The summed E-state index contributed by atoms with van der Waals surface area (Å²) in [5.41, 5.74) is -0.488. The van der Waals surface area contributed by atoms with Crippen LogP contribution in [-0.4, -0.2) is 16.8 Å². The van der Waals surface area contributed by atoms with E-state index in [1.54, 1.807) is 42.5 Å². The summed E-state index contributed by atoms with van der Waals surface area (Å²) in [6.07, 6.45) is -0.471. The van der Waals surface area contributed by atoms with Crippen molar-refractivity contribution in [3.05, 3.63) is 99.3 Å². The summed E-state index contributed by atoms with van der Waals surface area (Å²) < 4.78 is 13.2. The van der Waals surface area contributed by atoms with E-state index in [0.717, 1.165) is 12.1 Å². The lowest BCUT2D eigenvalue weighted by Gasteiger charge is -2.23. The number of carbonyl (C=O) groups excluding carboxylic acids is 2. The van der Waals surface area contributed by atoms with Gasteiger partial charge in [-0.1, -0.05) is 47.5 Å². The third-order valence-electron chi connectivity index (χ3n) is 5.20. The molecule has 0 bridgehead atoms. The van der Waals surface area contributed by atoms with Crippen LogP contribution in [-0.2, 0) is 16.9 Å². The number of carbonyl (C=O) groups is 2. The van der Waals surface area contributed by atoms with Crippen LogP contribution in [0.15, 0.2) is 66.7 Å². The van der Waals surface area contributed by atoms with E-state index in [-0.39, 0.29) is 12.1 Å². The highest BCUT2D eigenvalue weighted by Gasteiger charge is 2.50. The maximum atomic E-state index is 13.3. The summed E-state index contributed by atoms with van der Waals surface area (Å²) >= 11 is 12.5. The third-order valence-corrected chi connectivity index (χ3v) is 5.91. The van der Waals surface area contributed by atoms with Crippen molar-refractivity contribution in [2.75, 3.05) is 4.90 Å². The van der Waals surface area contributed by atoms with Gasteiger partial charge in [-0.25, -0.2) is 4.39 Å². The molecule has 0 spiro atoms. The molecule has 30 heavy (non-hydrogen) atoms.